The molecule has 0 bridgehead atoms. The Morgan fingerprint density at radius 2 is 1.81 bits per heavy atom. The van der Waals surface area contributed by atoms with E-state index in [2.05, 4.69) is 0 Å². The summed E-state index contributed by atoms with van der Waals surface area (Å²) < 4.78 is 11.7. The van der Waals surface area contributed by atoms with E-state index in [1.165, 1.54) is 16.0 Å². The first kappa shape index (κ1) is 15.9. The molecule has 1 aliphatic heterocycles. The first-order valence-corrected chi connectivity index (χ1v) is 9.38. The number of aryl methyl sites for hydroxylation is 1. The Kier molecular flexibility index (Phi) is 3.76. The van der Waals surface area contributed by atoms with Gasteiger partial charge in [0.2, 0.25) is 6.73 Å². The summed E-state index contributed by atoms with van der Waals surface area (Å²) in [6, 6.07) is 12.0. The molecule has 132 valence electrons. The van der Waals surface area contributed by atoms with Crippen LogP contribution in [0, 0.1) is 0 Å². The van der Waals surface area contributed by atoms with Crippen molar-refractivity contribution in [2.75, 3.05) is 6.73 Å². The number of rotatable bonds is 2. The molecule has 0 radical (unpaired) electrons. The highest BCUT2D eigenvalue weighted by atomic mass is 35.5. The summed E-state index contributed by atoms with van der Waals surface area (Å²) >= 11 is 5.97. The lowest BCUT2D eigenvalue weighted by molar-refractivity contribution is -0.945. The highest BCUT2D eigenvalue weighted by molar-refractivity contribution is 6.30. The number of benzene rings is 2. The minimum Gasteiger partial charge on any atom is -0.445 e. The van der Waals surface area contributed by atoms with Crippen molar-refractivity contribution in [3.8, 4) is 5.75 Å². The summed E-state index contributed by atoms with van der Waals surface area (Å²) in [6.07, 6.45) is 2.81. The molecule has 3 aromatic rings. The average Bonchev–Trinajstić information content (AvgIpc) is 3.14. The number of hydrogen-bond donors (Lipinski definition) is 1. The molecule has 5 heteroatoms. The molecule has 1 aliphatic carbocycles. The van der Waals surface area contributed by atoms with Crippen LogP contribution in [0.5, 0.6) is 5.75 Å². The van der Waals surface area contributed by atoms with Crippen LogP contribution in [0.1, 0.15) is 28.7 Å². The highest BCUT2D eigenvalue weighted by Crippen LogP contribution is 2.33. The van der Waals surface area contributed by atoms with E-state index >= 15 is 0 Å². The number of hydrogen-bond acceptors (Lipinski definition) is 3. The zero-order chi connectivity index (χ0) is 17.7. The number of halogens is 1. The standard InChI is InChI=1S/C21H18ClNO3/c22-14-6-4-13(5-7-14)10-23-11-18-19(25-12-23)9-8-16-15-2-1-3-17(15)21(24)26-20(16)18/h4-9H,1-3,10-12H2/p+1. The van der Waals surface area contributed by atoms with Gasteiger partial charge in [0.15, 0.2) is 5.58 Å². The van der Waals surface area contributed by atoms with Crippen molar-refractivity contribution in [3.05, 3.63) is 74.1 Å². The van der Waals surface area contributed by atoms with E-state index in [0.29, 0.717) is 12.3 Å². The first-order chi connectivity index (χ1) is 12.7. The third kappa shape index (κ3) is 2.61. The molecule has 2 aliphatic rings. The van der Waals surface area contributed by atoms with Crippen LogP contribution in [0.3, 0.4) is 0 Å². The predicted molar refractivity (Wildman–Crippen MR) is 99.8 cm³/mol. The summed E-state index contributed by atoms with van der Waals surface area (Å²) in [5.74, 6) is 0.832. The maximum Gasteiger partial charge on any atom is 0.339 e. The predicted octanol–water partition coefficient (Wildman–Crippen LogP) is 2.87. The van der Waals surface area contributed by atoms with Crippen LogP contribution in [-0.2, 0) is 25.9 Å². The third-order valence-electron chi connectivity index (χ3n) is 5.43. The van der Waals surface area contributed by atoms with Gasteiger partial charge in [-0.25, -0.2) is 4.79 Å². The molecule has 1 N–H and O–H groups in total. The number of quaternary nitrogens is 1. The molecule has 4 nitrogen and oxygen atoms in total. The fraction of sp³-hybridized carbons (Fsp3) is 0.286. The van der Waals surface area contributed by atoms with Crippen LogP contribution in [0.4, 0.5) is 0 Å². The fourth-order valence-electron chi connectivity index (χ4n) is 4.17. The molecule has 2 heterocycles. The Labute approximate surface area is 155 Å². The van der Waals surface area contributed by atoms with Crippen molar-refractivity contribution in [1.82, 2.24) is 0 Å². The highest BCUT2D eigenvalue weighted by Gasteiger charge is 2.27. The normalized spacial score (nSPS) is 18.4. The minimum absolute atomic E-state index is 0.178. The molecular formula is C21H19ClNO3+. The van der Waals surface area contributed by atoms with E-state index in [0.717, 1.165) is 59.6 Å². The van der Waals surface area contributed by atoms with Gasteiger partial charge in [-0.3, -0.25) is 4.90 Å². The lowest BCUT2D eigenvalue weighted by Crippen LogP contribution is -3.10. The molecule has 0 fully saturated rings. The number of fused-ring (bicyclic) bond motifs is 5. The Hall–Kier alpha value is -2.30. The van der Waals surface area contributed by atoms with Gasteiger partial charge < -0.3 is 9.15 Å². The molecule has 0 amide bonds. The summed E-state index contributed by atoms with van der Waals surface area (Å²) in [5, 5.41) is 1.82. The maximum atomic E-state index is 12.4. The van der Waals surface area contributed by atoms with Gasteiger partial charge in [-0.1, -0.05) is 23.7 Å². The summed E-state index contributed by atoms with van der Waals surface area (Å²) in [5.41, 5.74) is 4.77. The zero-order valence-corrected chi connectivity index (χ0v) is 15.1. The monoisotopic (exact) mass is 368 g/mol. The van der Waals surface area contributed by atoms with Crippen molar-refractivity contribution in [1.29, 1.82) is 0 Å². The maximum absolute atomic E-state index is 12.4. The van der Waals surface area contributed by atoms with Crippen molar-refractivity contribution in [2.24, 2.45) is 0 Å². The van der Waals surface area contributed by atoms with Crippen LogP contribution in [0.15, 0.2) is 45.6 Å². The molecule has 0 saturated heterocycles. The Balaban J connectivity index is 1.53. The summed E-state index contributed by atoms with van der Waals surface area (Å²) in [7, 11) is 0. The first-order valence-electron chi connectivity index (χ1n) is 9.00. The average molecular weight is 369 g/mol. The molecule has 2 aromatic carbocycles. The van der Waals surface area contributed by atoms with E-state index < -0.39 is 0 Å². The van der Waals surface area contributed by atoms with E-state index in [1.807, 2.05) is 36.4 Å². The van der Waals surface area contributed by atoms with Crippen LogP contribution >= 0.6 is 11.6 Å². The van der Waals surface area contributed by atoms with Crippen molar-refractivity contribution >= 4 is 22.6 Å². The summed E-state index contributed by atoms with van der Waals surface area (Å²) in [6.45, 7) is 2.20. The third-order valence-corrected chi connectivity index (χ3v) is 5.68. The SMILES string of the molecule is O=c1oc2c3c(ccc2c2c1CCC2)OC[NH+](Cc1ccc(Cl)cc1)C3. The quantitative estimate of drug-likeness (QED) is 0.707. The lowest BCUT2D eigenvalue weighted by atomic mass is 10.0. The molecule has 1 atom stereocenters. The molecule has 0 spiro atoms. The van der Waals surface area contributed by atoms with Gasteiger partial charge in [0, 0.05) is 21.5 Å². The van der Waals surface area contributed by atoms with Gasteiger partial charge in [0.25, 0.3) is 0 Å². The van der Waals surface area contributed by atoms with Gasteiger partial charge in [0.05, 0.1) is 5.56 Å². The number of ether oxygens (including phenoxy) is 1. The van der Waals surface area contributed by atoms with E-state index in [4.69, 9.17) is 20.8 Å². The van der Waals surface area contributed by atoms with Crippen LogP contribution in [0.25, 0.3) is 11.0 Å². The minimum atomic E-state index is -0.178. The molecule has 1 unspecified atom stereocenters. The van der Waals surface area contributed by atoms with E-state index in [-0.39, 0.29) is 5.63 Å². The largest absolute Gasteiger partial charge is 0.445 e. The molecule has 5 rings (SSSR count). The van der Waals surface area contributed by atoms with Gasteiger partial charge in [-0.2, -0.15) is 0 Å². The van der Waals surface area contributed by atoms with Gasteiger partial charge in [-0.15, -0.1) is 0 Å². The second kappa shape index (κ2) is 6.15. The van der Waals surface area contributed by atoms with Crippen molar-refractivity contribution in [3.63, 3.8) is 0 Å². The molecule has 26 heavy (non-hydrogen) atoms. The fourth-order valence-corrected chi connectivity index (χ4v) is 4.30. The van der Waals surface area contributed by atoms with Gasteiger partial charge >= 0.3 is 5.63 Å². The smallest absolute Gasteiger partial charge is 0.339 e. The molecule has 0 saturated carbocycles. The van der Waals surface area contributed by atoms with Crippen LogP contribution in [0.2, 0.25) is 5.02 Å². The summed E-state index contributed by atoms with van der Waals surface area (Å²) in [4.78, 5) is 13.7. The Bertz CT molecular complexity index is 1060. The van der Waals surface area contributed by atoms with Crippen molar-refractivity contribution in [2.45, 2.75) is 32.4 Å². The van der Waals surface area contributed by atoms with Gasteiger partial charge in [-0.05, 0) is 49.1 Å². The second-order valence-electron chi connectivity index (χ2n) is 7.14. The van der Waals surface area contributed by atoms with Crippen LogP contribution in [-0.4, -0.2) is 6.73 Å². The van der Waals surface area contributed by atoms with E-state index in [9.17, 15) is 4.79 Å². The Morgan fingerprint density at radius 1 is 1.00 bits per heavy atom. The lowest BCUT2D eigenvalue weighted by Gasteiger charge is -2.26. The molecule has 1 aromatic heterocycles. The van der Waals surface area contributed by atoms with Gasteiger partial charge in [0.1, 0.15) is 18.8 Å². The molecular weight excluding hydrogens is 350 g/mol. The van der Waals surface area contributed by atoms with Crippen molar-refractivity contribution < 1.29 is 14.1 Å². The van der Waals surface area contributed by atoms with Crippen LogP contribution < -0.4 is 15.3 Å². The topological polar surface area (TPSA) is 43.9 Å². The number of nitrogens with one attached hydrogen (secondary N) is 1. The zero-order valence-electron chi connectivity index (χ0n) is 14.3. The Morgan fingerprint density at radius 3 is 2.65 bits per heavy atom. The van der Waals surface area contributed by atoms with E-state index in [1.54, 1.807) is 0 Å². The second-order valence-corrected chi connectivity index (χ2v) is 7.57.